The van der Waals surface area contributed by atoms with Gasteiger partial charge < -0.3 is 31.5 Å². The predicted octanol–water partition coefficient (Wildman–Crippen LogP) is 5.12. The molecule has 2 aromatic rings. The third-order valence-corrected chi connectivity index (χ3v) is 6.41. The first-order valence-electron chi connectivity index (χ1n) is 11.4. The van der Waals surface area contributed by atoms with Crippen molar-refractivity contribution >= 4 is 35.8 Å². The van der Waals surface area contributed by atoms with Gasteiger partial charge in [0.15, 0.2) is 5.96 Å². The number of phenols is 1. The number of amides is 2. The number of carbonyl (C=O) groups is 1. The summed E-state index contributed by atoms with van der Waals surface area (Å²) in [4.78, 5) is 12.2. The van der Waals surface area contributed by atoms with E-state index in [0.717, 1.165) is 60.1 Å². The minimum Gasteiger partial charge on any atom is -0.507 e. The summed E-state index contributed by atoms with van der Waals surface area (Å²) in [7, 11) is 0. The normalized spacial score (nSPS) is 16.5. The quantitative estimate of drug-likeness (QED) is 0.182. The molecule has 0 fully saturated rings. The second kappa shape index (κ2) is 11.3. The third-order valence-electron chi connectivity index (χ3n) is 6.41. The van der Waals surface area contributed by atoms with E-state index in [4.69, 9.17) is 15.9 Å². The molecular weight excluding hydrogens is 454 g/mol. The van der Waals surface area contributed by atoms with Crippen molar-refractivity contribution in [2.45, 2.75) is 65.4 Å². The summed E-state index contributed by atoms with van der Waals surface area (Å²) in [5.74, 6) is 1.15. The molecule has 0 saturated carbocycles. The van der Waals surface area contributed by atoms with Gasteiger partial charge in [0, 0.05) is 23.5 Å². The van der Waals surface area contributed by atoms with Gasteiger partial charge in [-0.3, -0.25) is 5.41 Å². The molecule has 2 aromatic carbocycles. The molecule has 1 aliphatic rings. The SMILES string of the molecule is Cc1c(C)c2c(c(C)c1O)CCC(C)(CCCCNC(=O)Nc1cccc(NC(=N)N)c1)O2.Cl. The fourth-order valence-corrected chi connectivity index (χ4v) is 4.30. The van der Waals surface area contributed by atoms with E-state index in [1.807, 2.05) is 20.8 Å². The topological polar surface area (TPSA) is 132 Å². The van der Waals surface area contributed by atoms with Gasteiger partial charge in [-0.15, -0.1) is 12.4 Å². The van der Waals surface area contributed by atoms with Gasteiger partial charge in [-0.1, -0.05) is 6.07 Å². The lowest BCUT2D eigenvalue weighted by molar-refractivity contribution is 0.0524. The molecule has 9 heteroatoms. The molecule has 186 valence electrons. The highest BCUT2D eigenvalue weighted by atomic mass is 35.5. The molecule has 0 spiro atoms. The molecule has 0 saturated heterocycles. The average molecular weight is 490 g/mol. The van der Waals surface area contributed by atoms with Crippen LogP contribution >= 0.6 is 12.4 Å². The molecule has 3 rings (SSSR count). The number of carbonyl (C=O) groups excluding carboxylic acids is 1. The lowest BCUT2D eigenvalue weighted by atomic mass is 9.85. The lowest BCUT2D eigenvalue weighted by Gasteiger charge is -2.38. The number of benzene rings is 2. The number of ether oxygens (including phenoxy) is 1. The van der Waals surface area contributed by atoms with E-state index in [9.17, 15) is 9.90 Å². The highest BCUT2D eigenvalue weighted by molar-refractivity contribution is 5.92. The number of phenolic OH excluding ortho intramolecular Hbond substituents is 1. The first-order chi connectivity index (χ1) is 15.6. The Morgan fingerprint density at radius 1 is 1.15 bits per heavy atom. The van der Waals surface area contributed by atoms with Crippen LogP contribution in [0.1, 0.15) is 54.9 Å². The van der Waals surface area contributed by atoms with Crippen LogP contribution < -0.4 is 26.4 Å². The van der Waals surface area contributed by atoms with E-state index in [2.05, 4.69) is 22.9 Å². The zero-order chi connectivity index (χ0) is 24.2. The van der Waals surface area contributed by atoms with Crippen LogP contribution in [-0.2, 0) is 6.42 Å². The number of guanidine groups is 1. The number of hydrogen-bond acceptors (Lipinski definition) is 4. The number of nitrogens with one attached hydrogen (secondary N) is 4. The monoisotopic (exact) mass is 489 g/mol. The van der Waals surface area contributed by atoms with Crippen LogP contribution in [0.2, 0.25) is 0 Å². The van der Waals surface area contributed by atoms with E-state index < -0.39 is 0 Å². The second-order valence-electron chi connectivity index (χ2n) is 9.04. The standard InChI is InChI=1S/C25H35N5O3.ClH/c1-15-16(2)22-20(17(3)21(15)31)10-12-25(4,33-22)11-5-6-13-28-24(32)30-19-9-7-8-18(14-19)29-23(26)27;/h7-9,14,31H,5-6,10-13H2,1-4H3,(H4,26,27,29)(H2,28,30,32);1H. The van der Waals surface area contributed by atoms with Crippen molar-refractivity contribution < 1.29 is 14.6 Å². The average Bonchev–Trinajstić information content (AvgIpc) is 2.75. The Balaban J connectivity index is 0.00000408. The summed E-state index contributed by atoms with van der Waals surface area (Å²) in [6.07, 6.45) is 4.47. The number of halogens is 1. The maximum atomic E-state index is 12.2. The Labute approximate surface area is 207 Å². The largest absolute Gasteiger partial charge is 0.507 e. The Kier molecular flexibility index (Phi) is 9.04. The lowest BCUT2D eigenvalue weighted by Crippen LogP contribution is -2.37. The van der Waals surface area contributed by atoms with Crippen LogP contribution in [0.3, 0.4) is 0 Å². The molecule has 2 amide bonds. The molecule has 0 aliphatic carbocycles. The summed E-state index contributed by atoms with van der Waals surface area (Å²) < 4.78 is 6.47. The van der Waals surface area contributed by atoms with Crippen LogP contribution in [0, 0.1) is 26.2 Å². The van der Waals surface area contributed by atoms with Crippen LogP contribution in [0.5, 0.6) is 11.5 Å². The summed E-state index contributed by atoms with van der Waals surface area (Å²) in [5, 5.41) is 26.0. The van der Waals surface area contributed by atoms with Crippen LogP contribution in [-0.4, -0.2) is 29.2 Å². The van der Waals surface area contributed by atoms with E-state index in [1.54, 1.807) is 24.3 Å². The number of anilines is 2. The highest BCUT2D eigenvalue weighted by Crippen LogP contribution is 2.44. The minimum atomic E-state index is -0.273. The van der Waals surface area contributed by atoms with E-state index in [1.165, 1.54) is 0 Å². The predicted molar refractivity (Wildman–Crippen MR) is 140 cm³/mol. The number of nitrogens with two attached hydrogens (primary N) is 1. The molecule has 1 heterocycles. The van der Waals surface area contributed by atoms with Gasteiger partial charge in [0.05, 0.1) is 0 Å². The Morgan fingerprint density at radius 3 is 2.50 bits per heavy atom. The Bertz CT molecular complexity index is 1060. The summed E-state index contributed by atoms with van der Waals surface area (Å²) >= 11 is 0. The number of aromatic hydroxyl groups is 1. The van der Waals surface area contributed by atoms with Gasteiger partial charge in [-0.2, -0.15) is 0 Å². The van der Waals surface area contributed by atoms with E-state index in [0.29, 0.717) is 23.7 Å². The maximum absolute atomic E-state index is 12.2. The number of unbranched alkanes of at least 4 members (excludes halogenated alkanes) is 1. The number of fused-ring (bicyclic) bond motifs is 1. The van der Waals surface area contributed by atoms with E-state index in [-0.39, 0.29) is 30.0 Å². The summed E-state index contributed by atoms with van der Waals surface area (Å²) in [6.45, 7) is 8.61. The molecule has 0 aromatic heterocycles. The summed E-state index contributed by atoms with van der Waals surface area (Å²) in [5.41, 5.74) is 10.3. The number of urea groups is 1. The molecule has 1 atom stereocenters. The van der Waals surface area contributed by atoms with Crippen molar-refractivity contribution in [2.75, 3.05) is 17.2 Å². The van der Waals surface area contributed by atoms with Gasteiger partial charge in [-0.05, 0) is 94.7 Å². The highest BCUT2D eigenvalue weighted by Gasteiger charge is 2.34. The number of hydrogen-bond donors (Lipinski definition) is 6. The first kappa shape index (κ1) is 27.1. The van der Waals surface area contributed by atoms with Gasteiger partial charge in [0.2, 0.25) is 0 Å². The third kappa shape index (κ3) is 6.47. The van der Waals surface area contributed by atoms with Crippen LogP contribution in [0.15, 0.2) is 24.3 Å². The molecule has 7 N–H and O–H groups in total. The molecule has 0 bridgehead atoms. The first-order valence-corrected chi connectivity index (χ1v) is 11.4. The van der Waals surface area contributed by atoms with Gasteiger partial charge in [-0.25, -0.2) is 4.79 Å². The molecule has 34 heavy (non-hydrogen) atoms. The van der Waals surface area contributed by atoms with Crippen molar-refractivity contribution in [1.82, 2.24) is 5.32 Å². The molecule has 8 nitrogen and oxygen atoms in total. The van der Waals surface area contributed by atoms with Crippen molar-refractivity contribution in [1.29, 1.82) is 5.41 Å². The van der Waals surface area contributed by atoms with Crippen LogP contribution in [0.4, 0.5) is 16.2 Å². The van der Waals surface area contributed by atoms with Gasteiger partial charge in [0.25, 0.3) is 0 Å². The summed E-state index contributed by atoms with van der Waals surface area (Å²) in [6, 6.07) is 6.75. The smallest absolute Gasteiger partial charge is 0.319 e. The second-order valence-corrected chi connectivity index (χ2v) is 9.04. The zero-order valence-electron chi connectivity index (χ0n) is 20.3. The molecular formula is C25H36ClN5O3. The minimum absolute atomic E-state index is 0. The van der Waals surface area contributed by atoms with Gasteiger partial charge in [0.1, 0.15) is 17.1 Å². The maximum Gasteiger partial charge on any atom is 0.319 e. The molecule has 1 unspecified atom stereocenters. The van der Waals surface area contributed by atoms with Crippen LogP contribution in [0.25, 0.3) is 0 Å². The van der Waals surface area contributed by atoms with Crippen molar-refractivity contribution in [3.63, 3.8) is 0 Å². The zero-order valence-corrected chi connectivity index (χ0v) is 21.1. The Hall–Kier alpha value is -3.13. The molecule has 1 aliphatic heterocycles. The van der Waals surface area contributed by atoms with E-state index >= 15 is 0 Å². The number of rotatable bonds is 7. The van der Waals surface area contributed by atoms with Crippen molar-refractivity contribution in [3.05, 3.63) is 46.5 Å². The Morgan fingerprint density at radius 2 is 1.82 bits per heavy atom. The van der Waals surface area contributed by atoms with Crippen molar-refractivity contribution in [3.8, 4) is 11.5 Å². The fourth-order valence-electron chi connectivity index (χ4n) is 4.30. The fraction of sp³-hybridized carbons (Fsp3) is 0.440. The van der Waals surface area contributed by atoms with Crippen molar-refractivity contribution in [2.24, 2.45) is 5.73 Å². The van der Waals surface area contributed by atoms with Gasteiger partial charge >= 0.3 is 6.03 Å². The molecule has 0 radical (unpaired) electrons.